The van der Waals surface area contributed by atoms with E-state index in [9.17, 15) is 9.59 Å². The first-order valence-electron chi connectivity index (χ1n) is 12.0. The zero-order chi connectivity index (χ0) is 24.1. The van der Waals surface area contributed by atoms with Crippen LogP contribution in [-0.2, 0) is 4.79 Å². The third-order valence-electron chi connectivity index (χ3n) is 6.62. The van der Waals surface area contributed by atoms with Crippen molar-refractivity contribution in [2.45, 2.75) is 46.0 Å². The number of hydrogen-bond donors (Lipinski definition) is 1. The number of carbonyl (C=O) groups is 2. The van der Waals surface area contributed by atoms with Gasteiger partial charge in [0.15, 0.2) is 0 Å². The highest BCUT2D eigenvalue weighted by atomic mass is 16.5. The number of nitrogens with zero attached hydrogens (tertiary/aromatic N) is 1. The van der Waals surface area contributed by atoms with Crippen LogP contribution in [0.3, 0.4) is 0 Å². The molecule has 176 valence electrons. The number of aryl methyl sites for hydroxylation is 2. The molecule has 0 unspecified atom stereocenters. The van der Waals surface area contributed by atoms with Crippen molar-refractivity contribution in [3.63, 3.8) is 0 Å². The second kappa shape index (κ2) is 10.6. The summed E-state index contributed by atoms with van der Waals surface area (Å²) in [6.45, 7) is 7.62. The summed E-state index contributed by atoms with van der Waals surface area (Å²) >= 11 is 0. The maximum Gasteiger partial charge on any atom is 0.255 e. The van der Waals surface area contributed by atoms with E-state index in [4.69, 9.17) is 4.74 Å². The van der Waals surface area contributed by atoms with E-state index >= 15 is 0 Å². The second-order valence-electron chi connectivity index (χ2n) is 8.96. The molecular weight excluding hydrogens is 424 g/mol. The van der Waals surface area contributed by atoms with Crippen LogP contribution in [0.15, 0.2) is 66.7 Å². The van der Waals surface area contributed by atoms with Crippen LogP contribution in [0.4, 0.5) is 5.69 Å². The van der Waals surface area contributed by atoms with Crippen LogP contribution in [0.2, 0.25) is 0 Å². The molecule has 3 aromatic carbocycles. The summed E-state index contributed by atoms with van der Waals surface area (Å²) in [5.41, 5.74) is 4.92. The van der Waals surface area contributed by atoms with Crippen LogP contribution >= 0.6 is 0 Å². The number of amides is 2. The van der Waals surface area contributed by atoms with Gasteiger partial charge in [-0.15, -0.1) is 0 Å². The molecule has 0 saturated carbocycles. The van der Waals surface area contributed by atoms with Gasteiger partial charge in [0.25, 0.3) is 5.91 Å². The molecule has 1 heterocycles. The number of anilines is 1. The molecule has 2 amide bonds. The summed E-state index contributed by atoms with van der Waals surface area (Å²) in [4.78, 5) is 26.4. The topological polar surface area (TPSA) is 58.6 Å². The highest BCUT2D eigenvalue weighted by Crippen LogP contribution is 2.31. The molecule has 0 aliphatic carbocycles. The third kappa shape index (κ3) is 5.66. The van der Waals surface area contributed by atoms with Crippen molar-refractivity contribution in [2.24, 2.45) is 0 Å². The Morgan fingerprint density at radius 3 is 2.09 bits per heavy atom. The maximum absolute atomic E-state index is 12.5. The molecule has 0 atom stereocenters. The molecular formula is C29H32N2O3. The van der Waals surface area contributed by atoms with Crippen LogP contribution in [0, 0.1) is 13.8 Å². The van der Waals surface area contributed by atoms with Crippen molar-refractivity contribution in [3.05, 3.63) is 89.0 Å². The summed E-state index contributed by atoms with van der Waals surface area (Å²) in [7, 11) is 0. The second-order valence-corrected chi connectivity index (χ2v) is 8.96. The highest BCUT2D eigenvalue weighted by molar-refractivity contribution is 6.04. The Morgan fingerprint density at radius 1 is 0.882 bits per heavy atom. The number of carbonyl (C=O) groups excluding carboxylic acids is 2. The fraction of sp³-hybridized carbons (Fsp3) is 0.310. The lowest BCUT2D eigenvalue weighted by Gasteiger charge is -2.32. The van der Waals surface area contributed by atoms with Crippen LogP contribution in [-0.4, -0.2) is 29.8 Å². The van der Waals surface area contributed by atoms with Gasteiger partial charge < -0.3 is 15.0 Å². The van der Waals surface area contributed by atoms with Crippen molar-refractivity contribution in [1.29, 1.82) is 0 Å². The average molecular weight is 457 g/mol. The molecule has 1 N–H and O–H groups in total. The SMILES string of the molecule is CCC(=O)N1CCC(c2ccc(Oc3ccc(NC(=O)c4ccc(C)c(C)c4)cc3)cc2)CC1. The minimum atomic E-state index is -0.128. The van der Waals surface area contributed by atoms with Crippen LogP contribution in [0.5, 0.6) is 11.5 Å². The summed E-state index contributed by atoms with van der Waals surface area (Å²) < 4.78 is 5.99. The van der Waals surface area contributed by atoms with Gasteiger partial charge in [-0.1, -0.05) is 25.1 Å². The van der Waals surface area contributed by atoms with Gasteiger partial charge in [0.1, 0.15) is 11.5 Å². The Kier molecular flexibility index (Phi) is 7.31. The monoisotopic (exact) mass is 456 g/mol. The normalized spacial score (nSPS) is 14.0. The third-order valence-corrected chi connectivity index (χ3v) is 6.62. The Balaban J connectivity index is 1.31. The average Bonchev–Trinajstić information content (AvgIpc) is 2.87. The van der Waals surface area contributed by atoms with E-state index in [-0.39, 0.29) is 11.8 Å². The first kappa shape index (κ1) is 23.6. The fourth-order valence-electron chi connectivity index (χ4n) is 4.32. The van der Waals surface area contributed by atoms with Crippen LogP contribution < -0.4 is 10.1 Å². The van der Waals surface area contributed by atoms with Gasteiger partial charge in [-0.05, 0) is 97.8 Å². The Labute approximate surface area is 201 Å². The molecule has 0 aromatic heterocycles. The number of likely N-dealkylation sites (tertiary alicyclic amines) is 1. The fourth-order valence-corrected chi connectivity index (χ4v) is 4.32. The first-order valence-corrected chi connectivity index (χ1v) is 12.0. The molecule has 1 aliphatic heterocycles. The lowest BCUT2D eigenvalue weighted by Crippen LogP contribution is -2.37. The lowest BCUT2D eigenvalue weighted by atomic mass is 9.89. The zero-order valence-electron chi connectivity index (χ0n) is 20.1. The molecule has 5 nitrogen and oxygen atoms in total. The molecule has 0 bridgehead atoms. The number of nitrogens with one attached hydrogen (secondary N) is 1. The van der Waals surface area contributed by atoms with Gasteiger partial charge in [0.2, 0.25) is 5.91 Å². The molecule has 1 fully saturated rings. The number of ether oxygens (including phenoxy) is 1. The van der Waals surface area contributed by atoms with Crippen molar-refractivity contribution in [3.8, 4) is 11.5 Å². The molecule has 0 radical (unpaired) electrons. The number of hydrogen-bond acceptors (Lipinski definition) is 3. The molecule has 1 saturated heterocycles. The molecule has 3 aromatic rings. The van der Waals surface area contributed by atoms with Gasteiger partial charge in [-0.25, -0.2) is 0 Å². The predicted molar refractivity (Wildman–Crippen MR) is 136 cm³/mol. The van der Waals surface area contributed by atoms with E-state index in [1.165, 1.54) is 11.1 Å². The minimum absolute atomic E-state index is 0.128. The minimum Gasteiger partial charge on any atom is -0.457 e. The van der Waals surface area contributed by atoms with E-state index in [1.54, 1.807) is 0 Å². The van der Waals surface area contributed by atoms with Gasteiger partial charge >= 0.3 is 0 Å². The smallest absolute Gasteiger partial charge is 0.255 e. The van der Waals surface area contributed by atoms with Crippen LogP contribution in [0.1, 0.15) is 59.2 Å². The quantitative estimate of drug-likeness (QED) is 0.463. The van der Waals surface area contributed by atoms with Gasteiger partial charge in [-0.2, -0.15) is 0 Å². The molecule has 4 rings (SSSR count). The molecule has 1 aliphatic rings. The molecule has 34 heavy (non-hydrogen) atoms. The van der Waals surface area contributed by atoms with Gasteiger partial charge in [-0.3, -0.25) is 9.59 Å². The number of piperidine rings is 1. The Morgan fingerprint density at radius 2 is 1.50 bits per heavy atom. The first-order chi connectivity index (χ1) is 16.4. The van der Waals surface area contributed by atoms with Gasteiger partial charge in [0.05, 0.1) is 0 Å². The van der Waals surface area contributed by atoms with E-state index in [1.807, 2.05) is 80.3 Å². The zero-order valence-corrected chi connectivity index (χ0v) is 20.1. The highest BCUT2D eigenvalue weighted by Gasteiger charge is 2.22. The van der Waals surface area contributed by atoms with Crippen molar-refractivity contribution in [2.75, 3.05) is 18.4 Å². The Hall–Kier alpha value is -3.60. The van der Waals surface area contributed by atoms with Crippen molar-refractivity contribution < 1.29 is 14.3 Å². The number of rotatable bonds is 6. The summed E-state index contributed by atoms with van der Waals surface area (Å²) in [5.74, 6) is 2.09. The maximum atomic E-state index is 12.5. The standard InChI is InChI=1S/C29H32N2O3/c1-4-28(32)31-17-15-23(16-18-31)22-7-11-26(12-8-22)34-27-13-9-25(10-14-27)30-29(33)24-6-5-20(2)21(3)19-24/h5-14,19,23H,4,15-18H2,1-3H3,(H,30,33). The van der Waals surface area contributed by atoms with E-state index < -0.39 is 0 Å². The van der Waals surface area contributed by atoms with E-state index in [2.05, 4.69) is 17.4 Å². The van der Waals surface area contributed by atoms with E-state index in [0.717, 1.165) is 42.9 Å². The Bertz CT molecular complexity index is 1140. The van der Waals surface area contributed by atoms with Crippen molar-refractivity contribution >= 4 is 17.5 Å². The van der Waals surface area contributed by atoms with Crippen LogP contribution in [0.25, 0.3) is 0 Å². The summed E-state index contributed by atoms with van der Waals surface area (Å²) in [6, 6.07) is 21.3. The lowest BCUT2D eigenvalue weighted by molar-refractivity contribution is -0.131. The van der Waals surface area contributed by atoms with E-state index in [0.29, 0.717) is 23.7 Å². The van der Waals surface area contributed by atoms with Crippen molar-refractivity contribution in [1.82, 2.24) is 4.90 Å². The van der Waals surface area contributed by atoms with Gasteiger partial charge in [0, 0.05) is 30.8 Å². The summed E-state index contributed by atoms with van der Waals surface area (Å²) in [6.07, 6.45) is 2.58. The number of benzene rings is 3. The predicted octanol–water partition coefficient (Wildman–Crippen LogP) is 6.46. The summed E-state index contributed by atoms with van der Waals surface area (Å²) in [5, 5.41) is 2.93. The molecule has 0 spiro atoms. The molecule has 5 heteroatoms. The largest absolute Gasteiger partial charge is 0.457 e.